The summed E-state index contributed by atoms with van der Waals surface area (Å²) in [5.41, 5.74) is 8.77. The Hall–Kier alpha value is -1.35. The van der Waals surface area contributed by atoms with Gasteiger partial charge >= 0.3 is 0 Å². The maximum atomic E-state index is 12.4. The van der Waals surface area contributed by atoms with Crippen LogP contribution in [-0.2, 0) is 4.79 Å². The lowest BCUT2D eigenvalue weighted by Crippen LogP contribution is -2.53. The van der Waals surface area contributed by atoms with Crippen molar-refractivity contribution >= 4 is 11.6 Å². The van der Waals surface area contributed by atoms with E-state index < -0.39 is 5.54 Å². The third-order valence-electron chi connectivity index (χ3n) is 4.11. The van der Waals surface area contributed by atoms with Gasteiger partial charge in [0.2, 0.25) is 5.91 Å². The molecule has 0 saturated heterocycles. The smallest absolute Gasteiger partial charge is 0.244 e. The molecule has 2 rings (SSSR count). The molecule has 19 heavy (non-hydrogen) atoms. The predicted octanol–water partition coefficient (Wildman–Crippen LogP) is 3.15. The van der Waals surface area contributed by atoms with E-state index in [4.69, 9.17) is 5.73 Å². The summed E-state index contributed by atoms with van der Waals surface area (Å²) in [6, 6.07) is 6.04. The average molecular weight is 260 g/mol. The number of carbonyl (C=O) groups is 1. The molecule has 0 aliphatic heterocycles. The van der Waals surface area contributed by atoms with E-state index in [1.807, 2.05) is 26.0 Å². The van der Waals surface area contributed by atoms with Crippen LogP contribution in [0, 0.1) is 19.8 Å². The number of hydrogen-bond acceptors (Lipinski definition) is 2. The van der Waals surface area contributed by atoms with E-state index in [9.17, 15) is 4.79 Å². The molecule has 3 nitrogen and oxygen atoms in total. The van der Waals surface area contributed by atoms with Crippen LogP contribution in [0.25, 0.3) is 0 Å². The minimum atomic E-state index is -0.699. The Bertz CT molecular complexity index is 484. The number of rotatable bonds is 2. The fourth-order valence-electron chi connectivity index (χ4n) is 3.00. The molecule has 1 saturated carbocycles. The topological polar surface area (TPSA) is 55.1 Å². The van der Waals surface area contributed by atoms with Gasteiger partial charge in [0.05, 0.1) is 5.54 Å². The molecule has 1 aromatic carbocycles. The molecular formula is C16H24N2O. The second kappa shape index (κ2) is 5.33. The van der Waals surface area contributed by atoms with Crippen molar-refractivity contribution in [2.45, 2.75) is 52.0 Å². The summed E-state index contributed by atoms with van der Waals surface area (Å²) >= 11 is 0. The van der Waals surface area contributed by atoms with Gasteiger partial charge in [-0.15, -0.1) is 0 Å². The summed E-state index contributed by atoms with van der Waals surface area (Å²) in [7, 11) is 0. The van der Waals surface area contributed by atoms with Gasteiger partial charge in [0.1, 0.15) is 0 Å². The third-order valence-corrected chi connectivity index (χ3v) is 4.11. The number of nitrogens with two attached hydrogens (primary N) is 1. The number of nitrogens with one attached hydrogen (secondary N) is 1. The molecule has 0 aromatic heterocycles. The number of benzene rings is 1. The molecule has 0 radical (unpaired) electrons. The Balaban J connectivity index is 2.12. The summed E-state index contributed by atoms with van der Waals surface area (Å²) in [4.78, 5) is 12.4. The van der Waals surface area contributed by atoms with Crippen LogP contribution in [0.2, 0.25) is 0 Å². The maximum Gasteiger partial charge on any atom is 0.244 e. The fraction of sp³-hybridized carbons (Fsp3) is 0.562. The molecular weight excluding hydrogens is 236 g/mol. The first-order valence-electron chi connectivity index (χ1n) is 7.08. The first kappa shape index (κ1) is 14.1. The van der Waals surface area contributed by atoms with Crippen molar-refractivity contribution < 1.29 is 4.79 Å². The summed E-state index contributed by atoms with van der Waals surface area (Å²) < 4.78 is 0. The zero-order valence-electron chi connectivity index (χ0n) is 12.1. The molecule has 2 atom stereocenters. The fourth-order valence-corrected chi connectivity index (χ4v) is 3.00. The second-order valence-corrected chi connectivity index (χ2v) is 6.13. The first-order valence-corrected chi connectivity index (χ1v) is 7.08. The lowest BCUT2D eigenvalue weighted by atomic mass is 9.76. The normalized spacial score (nSPS) is 27.1. The van der Waals surface area contributed by atoms with Gasteiger partial charge in [-0.25, -0.2) is 0 Å². The van der Waals surface area contributed by atoms with Crippen LogP contribution < -0.4 is 11.1 Å². The van der Waals surface area contributed by atoms with E-state index in [0.717, 1.165) is 30.5 Å². The molecule has 0 bridgehead atoms. The van der Waals surface area contributed by atoms with Gasteiger partial charge in [-0.3, -0.25) is 4.79 Å². The van der Waals surface area contributed by atoms with Crippen molar-refractivity contribution in [1.82, 2.24) is 0 Å². The zero-order chi connectivity index (χ0) is 14.0. The van der Waals surface area contributed by atoms with Crippen molar-refractivity contribution in [1.29, 1.82) is 0 Å². The van der Waals surface area contributed by atoms with Crippen molar-refractivity contribution in [3.05, 3.63) is 29.3 Å². The van der Waals surface area contributed by atoms with Crippen LogP contribution in [0.5, 0.6) is 0 Å². The molecule has 2 unspecified atom stereocenters. The molecule has 1 aromatic rings. The third kappa shape index (κ3) is 3.16. The minimum absolute atomic E-state index is 0.0361. The molecule has 104 valence electrons. The summed E-state index contributed by atoms with van der Waals surface area (Å²) in [5.74, 6) is 0.495. The molecule has 1 fully saturated rings. The van der Waals surface area contributed by atoms with Crippen LogP contribution >= 0.6 is 0 Å². The average Bonchev–Trinajstić information content (AvgIpc) is 2.32. The van der Waals surface area contributed by atoms with Crippen LogP contribution in [0.15, 0.2) is 18.2 Å². The van der Waals surface area contributed by atoms with Gasteiger partial charge in [0.15, 0.2) is 0 Å². The lowest BCUT2D eigenvalue weighted by molar-refractivity contribution is -0.122. The molecule has 3 heteroatoms. The van der Waals surface area contributed by atoms with E-state index in [2.05, 4.69) is 18.3 Å². The van der Waals surface area contributed by atoms with Crippen molar-refractivity contribution in [2.24, 2.45) is 11.7 Å². The van der Waals surface area contributed by atoms with Crippen molar-refractivity contribution in [3.63, 3.8) is 0 Å². The maximum absolute atomic E-state index is 12.4. The SMILES string of the molecule is Cc1ccc(NC(=O)C2(N)CCCC(C)C2)c(C)c1. The quantitative estimate of drug-likeness (QED) is 0.858. The highest BCUT2D eigenvalue weighted by Gasteiger charge is 2.38. The number of aryl methyl sites for hydroxylation is 2. The highest BCUT2D eigenvalue weighted by atomic mass is 16.2. The van der Waals surface area contributed by atoms with E-state index in [1.54, 1.807) is 0 Å². The highest BCUT2D eigenvalue weighted by Crippen LogP contribution is 2.31. The van der Waals surface area contributed by atoms with Crippen molar-refractivity contribution in [2.75, 3.05) is 5.32 Å². The largest absolute Gasteiger partial charge is 0.324 e. The van der Waals surface area contributed by atoms with E-state index >= 15 is 0 Å². The first-order chi connectivity index (χ1) is 8.90. The van der Waals surface area contributed by atoms with Crippen LogP contribution in [0.4, 0.5) is 5.69 Å². The molecule has 1 aliphatic rings. The van der Waals surface area contributed by atoms with Crippen LogP contribution in [-0.4, -0.2) is 11.4 Å². The van der Waals surface area contributed by atoms with Gasteiger partial charge in [-0.2, -0.15) is 0 Å². The Morgan fingerprint density at radius 1 is 1.42 bits per heavy atom. The number of hydrogen-bond donors (Lipinski definition) is 2. The Morgan fingerprint density at radius 3 is 2.79 bits per heavy atom. The predicted molar refractivity (Wildman–Crippen MR) is 79.1 cm³/mol. The highest BCUT2D eigenvalue weighted by molar-refractivity contribution is 5.98. The standard InChI is InChI=1S/C16H24N2O/c1-11-6-7-14(13(3)9-11)18-15(19)16(17)8-4-5-12(2)10-16/h6-7,9,12H,4-5,8,10,17H2,1-3H3,(H,18,19). The van der Waals surface area contributed by atoms with Gasteiger partial charge in [-0.1, -0.05) is 37.5 Å². The summed E-state index contributed by atoms with van der Waals surface area (Å²) in [6.45, 7) is 6.23. The Morgan fingerprint density at radius 2 is 2.16 bits per heavy atom. The molecule has 1 amide bonds. The van der Waals surface area contributed by atoms with E-state index in [0.29, 0.717) is 5.92 Å². The summed E-state index contributed by atoms with van der Waals surface area (Å²) in [6.07, 6.45) is 3.78. The molecule has 0 heterocycles. The van der Waals surface area contributed by atoms with Gasteiger partial charge in [0, 0.05) is 5.69 Å². The number of anilines is 1. The van der Waals surface area contributed by atoms with Gasteiger partial charge < -0.3 is 11.1 Å². The number of amides is 1. The number of carbonyl (C=O) groups excluding carboxylic acids is 1. The molecule has 1 aliphatic carbocycles. The Kier molecular flexibility index (Phi) is 3.95. The monoisotopic (exact) mass is 260 g/mol. The van der Waals surface area contributed by atoms with Crippen LogP contribution in [0.1, 0.15) is 43.7 Å². The van der Waals surface area contributed by atoms with Crippen LogP contribution in [0.3, 0.4) is 0 Å². The second-order valence-electron chi connectivity index (χ2n) is 6.13. The van der Waals surface area contributed by atoms with Gasteiger partial charge in [0.25, 0.3) is 0 Å². The Labute approximate surface area is 115 Å². The lowest BCUT2D eigenvalue weighted by Gasteiger charge is -2.35. The minimum Gasteiger partial charge on any atom is -0.324 e. The van der Waals surface area contributed by atoms with Crippen molar-refractivity contribution in [3.8, 4) is 0 Å². The zero-order valence-corrected chi connectivity index (χ0v) is 12.1. The van der Waals surface area contributed by atoms with E-state index in [-0.39, 0.29) is 5.91 Å². The van der Waals surface area contributed by atoms with E-state index in [1.165, 1.54) is 12.0 Å². The molecule has 3 N–H and O–H groups in total. The van der Waals surface area contributed by atoms with Gasteiger partial charge in [-0.05, 0) is 44.2 Å². The molecule has 0 spiro atoms. The summed E-state index contributed by atoms with van der Waals surface area (Å²) in [5, 5.41) is 3.00.